The molecule has 0 heterocycles. The van der Waals surface area contributed by atoms with Crippen LogP contribution < -0.4 is 10.6 Å². The van der Waals surface area contributed by atoms with Crippen molar-refractivity contribution < 1.29 is 27.2 Å². The maximum Gasteiger partial charge on any atom is 0.416 e. The van der Waals surface area contributed by atoms with Crippen LogP contribution in [0.2, 0.25) is 0 Å². The lowest BCUT2D eigenvalue weighted by molar-refractivity contribution is -0.137. The molecule has 24 heavy (non-hydrogen) atoms. The number of nitrogens with one attached hydrogen (secondary N) is 2. The normalized spacial score (nSPS) is 11.0. The quantitative estimate of drug-likeness (QED) is 0.840. The minimum absolute atomic E-state index is 0.0295. The van der Waals surface area contributed by atoms with Crippen LogP contribution >= 0.6 is 0 Å². The van der Waals surface area contributed by atoms with E-state index in [1.54, 1.807) is 0 Å². The third-order valence-electron chi connectivity index (χ3n) is 2.97. The molecule has 0 spiro atoms. The van der Waals surface area contributed by atoms with E-state index < -0.39 is 35.9 Å². The Morgan fingerprint density at radius 2 is 1.71 bits per heavy atom. The van der Waals surface area contributed by atoms with Crippen molar-refractivity contribution in [2.45, 2.75) is 6.18 Å². The van der Waals surface area contributed by atoms with E-state index in [0.29, 0.717) is 0 Å². The van der Waals surface area contributed by atoms with Gasteiger partial charge in [-0.15, -0.1) is 0 Å². The summed E-state index contributed by atoms with van der Waals surface area (Å²) in [5.41, 5.74) is -0.916. The monoisotopic (exact) mass is 340 g/mol. The smallest absolute Gasteiger partial charge is 0.343 e. The summed E-state index contributed by atoms with van der Waals surface area (Å²) in [7, 11) is 0. The molecular formula is C16H12F4N2O2. The highest BCUT2D eigenvalue weighted by Crippen LogP contribution is 2.30. The van der Waals surface area contributed by atoms with Crippen LogP contribution in [0.1, 0.15) is 15.9 Å². The first-order valence-corrected chi connectivity index (χ1v) is 6.76. The first-order chi connectivity index (χ1) is 11.3. The first kappa shape index (κ1) is 17.5. The van der Waals surface area contributed by atoms with Gasteiger partial charge in [-0.1, -0.05) is 12.1 Å². The summed E-state index contributed by atoms with van der Waals surface area (Å²) in [6, 6.07) is 8.98. The van der Waals surface area contributed by atoms with Crippen LogP contribution in [0.5, 0.6) is 0 Å². The lowest BCUT2D eigenvalue weighted by atomic mass is 10.2. The Labute approximate surface area is 134 Å². The van der Waals surface area contributed by atoms with Crippen molar-refractivity contribution >= 4 is 17.5 Å². The summed E-state index contributed by atoms with van der Waals surface area (Å²) in [4.78, 5) is 23.4. The molecule has 0 aliphatic heterocycles. The highest BCUT2D eigenvalue weighted by atomic mass is 19.4. The maximum atomic E-state index is 13.0. The second-order valence-corrected chi connectivity index (χ2v) is 4.82. The van der Waals surface area contributed by atoms with Gasteiger partial charge in [0.05, 0.1) is 12.1 Å². The average Bonchev–Trinajstić information content (AvgIpc) is 2.52. The number of halogens is 4. The molecule has 0 saturated carbocycles. The number of alkyl halides is 3. The van der Waals surface area contributed by atoms with Crippen LogP contribution in [0.25, 0.3) is 0 Å². The molecule has 2 amide bonds. The van der Waals surface area contributed by atoms with Gasteiger partial charge in [-0.05, 0) is 36.4 Å². The van der Waals surface area contributed by atoms with E-state index in [2.05, 4.69) is 10.6 Å². The SMILES string of the molecule is O=C(CNC(=O)c1cccc(F)c1)Nc1cccc(C(F)(F)F)c1. The zero-order chi connectivity index (χ0) is 17.7. The molecule has 0 radical (unpaired) electrons. The Morgan fingerprint density at radius 3 is 2.38 bits per heavy atom. The molecule has 2 N–H and O–H groups in total. The molecule has 0 bridgehead atoms. The summed E-state index contributed by atoms with van der Waals surface area (Å²) in [5, 5.41) is 4.50. The van der Waals surface area contributed by atoms with Crippen LogP contribution in [0, 0.1) is 5.82 Å². The second kappa shape index (κ2) is 7.12. The predicted molar refractivity (Wildman–Crippen MR) is 78.8 cm³/mol. The van der Waals surface area contributed by atoms with Gasteiger partial charge in [-0.2, -0.15) is 13.2 Å². The molecule has 2 rings (SSSR count). The van der Waals surface area contributed by atoms with E-state index in [1.165, 1.54) is 18.2 Å². The van der Waals surface area contributed by atoms with E-state index in [-0.39, 0.29) is 11.3 Å². The minimum Gasteiger partial charge on any atom is -0.343 e. The molecule has 0 aromatic heterocycles. The molecule has 126 valence electrons. The molecular weight excluding hydrogens is 328 g/mol. The maximum absolute atomic E-state index is 13.0. The molecule has 0 atom stereocenters. The van der Waals surface area contributed by atoms with Crippen molar-refractivity contribution in [3.8, 4) is 0 Å². The number of carbonyl (C=O) groups is 2. The fourth-order valence-corrected chi connectivity index (χ4v) is 1.87. The minimum atomic E-state index is -4.52. The van der Waals surface area contributed by atoms with E-state index in [0.717, 1.165) is 30.3 Å². The number of hydrogen-bond acceptors (Lipinski definition) is 2. The molecule has 0 saturated heterocycles. The van der Waals surface area contributed by atoms with E-state index in [4.69, 9.17) is 0 Å². The number of anilines is 1. The number of benzene rings is 2. The van der Waals surface area contributed by atoms with E-state index in [1.807, 2.05) is 0 Å². The molecule has 4 nitrogen and oxygen atoms in total. The van der Waals surface area contributed by atoms with Gasteiger partial charge in [-0.25, -0.2) is 4.39 Å². The van der Waals surface area contributed by atoms with Gasteiger partial charge in [0.25, 0.3) is 5.91 Å². The standard InChI is InChI=1S/C16H12F4N2O2/c17-12-5-1-3-10(7-12)15(24)21-9-14(23)22-13-6-2-4-11(8-13)16(18,19)20/h1-8H,9H2,(H,21,24)(H,22,23). The van der Waals surface area contributed by atoms with Crippen LogP contribution in [0.15, 0.2) is 48.5 Å². The fourth-order valence-electron chi connectivity index (χ4n) is 1.87. The van der Waals surface area contributed by atoms with Crippen molar-refractivity contribution in [3.63, 3.8) is 0 Å². The highest BCUT2D eigenvalue weighted by Gasteiger charge is 2.30. The summed E-state index contributed by atoms with van der Waals surface area (Å²) in [5.74, 6) is -1.98. The molecule has 2 aromatic carbocycles. The van der Waals surface area contributed by atoms with Crippen LogP contribution in [-0.4, -0.2) is 18.4 Å². The molecule has 8 heteroatoms. The Bertz CT molecular complexity index is 760. The zero-order valence-corrected chi connectivity index (χ0v) is 12.2. The van der Waals surface area contributed by atoms with Crippen LogP contribution in [0.3, 0.4) is 0 Å². The molecule has 0 unspecified atom stereocenters. The van der Waals surface area contributed by atoms with Gasteiger partial charge in [0.2, 0.25) is 5.91 Å². The van der Waals surface area contributed by atoms with Crippen molar-refractivity contribution in [2.24, 2.45) is 0 Å². The topological polar surface area (TPSA) is 58.2 Å². The van der Waals surface area contributed by atoms with E-state index in [9.17, 15) is 27.2 Å². The summed E-state index contributed by atoms with van der Waals surface area (Å²) < 4.78 is 50.7. The van der Waals surface area contributed by atoms with Gasteiger partial charge in [0.1, 0.15) is 5.82 Å². The summed E-state index contributed by atoms with van der Waals surface area (Å²) >= 11 is 0. The largest absolute Gasteiger partial charge is 0.416 e. The van der Waals surface area contributed by atoms with Crippen molar-refractivity contribution in [1.29, 1.82) is 0 Å². The Kier molecular flexibility index (Phi) is 5.18. The highest BCUT2D eigenvalue weighted by molar-refractivity contribution is 5.99. The average molecular weight is 340 g/mol. The predicted octanol–water partition coefficient (Wildman–Crippen LogP) is 3.21. The lowest BCUT2D eigenvalue weighted by Gasteiger charge is -2.10. The van der Waals surface area contributed by atoms with Gasteiger partial charge in [0.15, 0.2) is 0 Å². The summed E-state index contributed by atoms with van der Waals surface area (Å²) in [6.45, 7) is -0.467. The molecule has 0 aliphatic rings. The number of carbonyl (C=O) groups excluding carboxylic acids is 2. The summed E-state index contributed by atoms with van der Waals surface area (Å²) in [6.07, 6.45) is -4.52. The van der Waals surface area contributed by atoms with Gasteiger partial charge in [-0.3, -0.25) is 9.59 Å². The Balaban J connectivity index is 1.93. The number of hydrogen-bond donors (Lipinski definition) is 2. The lowest BCUT2D eigenvalue weighted by Crippen LogP contribution is -2.32. The van der Waals surface area contributed by atoms with Crippen molar-refractivity contribution in [3.05, 3.63) is 65.5 Å². The Morgan fingerprint density at radius 1 is 1.00 bits per heavy atom. The van der Waals surface area contributed by atoms with Crippen molar-refractivity contribution in [1.82, 2.24) is 5.32 Å². The van der Waals surface area contributed by atoms with E-state index >= 15 is 0 Å². The molecule has 0 fully saturated rings. The second-order valence-electron chi connectivity index (χ2n) is 4.82. The van der Waals surface area contributed by atoms with Gasteiger partial charge in [0, 0.05) is 11.3 Å². The molecule has 2 aromatic rings. The van der Waals surface area contributed by atoms with Crippen molar-refractivity contribution in [2.75, 3.05) is 11.9 Å². The van der Waals surface area contributed by atoms with Gasteiger partial charge < -0.3 is 10.6 Å². The fraction of sp³-hybridized carbons (Fsp3) is 0.125. The number of rotatable bonds is 4. The third kappa shape index (κ3) is 4.80. The van der Waals surface area contributed by atoms with Gasteiger partial charge >= 0.3 is 6.18 Å². The third-order valence-corrected chi connectivity index (χ3v) is 2.97. The number of amides is 2. The van der Waals surface area contributed by atoms with Crippen LogP contribution in [-0.2, 0) is 11.0 Å². The molecule has 0 aliphatic carbocycles. The van der Waals surface area contributed by atoms with Crippen LogP contribution in [0.4, 0.5) is 23.2 Å². The Hall–Kier alpha value is -2.90. The zero-order valence-electron chi connectivity index (χ0n) is 12.2. The first-order valence-electron chi connectivity index (χ1n) is 6.76.